The first-order valence-corrected chi connectivity index (χ1v) is 11.4. The molecular weight excluding hydrogens is 410 g/mol. The summed E-state index contributed by atoms with van der Waals surface area (Å²) in [4.78, 5) is 37.1. The fourth-order valence-corrected chi connectivity index (χ4v) is 3.98. The minimum absolute atomic E-state index is 0.239. The Balaban J connectivity index is 1.98. The predicted molar refractivity (Wildman–Crippen MR) is 112 cm³/mol. The Morgan fingerprint density at radius 2 is 1.80 bits per heavy atom. The standard InChI is InChI=1S/C19H27N5O5S/c1-4-6-12(25)28-15-11(8-30-3)27-19(16(15)29-13(26)7-5-2)24-10-23-14-17(20)21-9-22-18(14)24/h9-11,15-16,19H,4-8H2,1-3H3,(H2,20,21,22)/t11-,15?,16?,19-/m1/s1. The SMILES string of the molecule is CCCC(=O)OC1C(OC(=O)CCC)[C@@H](CSC)O[C@H]1n1cnc2c(N)ncnc21. The van der Waals surface area contributed by atoms with Gasteiger partial charge in [-0.1, -0.05) is 13.8 Å². The first-order chi connectivity index (χ1) is 14.5. The van der Waals surface area contributed by atoms with Crippen molar-refractivity contribution < 1.29 is 23.8 Å². The molecule has 0 amide bonds. The Kier molecular flexibility index (Phi) is 7.48. The number of aromatic nitrogens is 4. The van der Waals surface area contributed by atoms with E-state index in [9.17, 15) is 9.59 Å². The van der Waals surface area contributed by atoms with Crippen LogP contribution in [0.1, 0.15) is 45.8 Å². The lowest BCUT2D eigenvalue weighted by Crippen LogP contribution is -2.40. The summed E-state index contributed by atoms with van der Waals surface area (Å²) in [5, 5.41) is 0. The van der Waals surface area contributed by atoms with E-state index in [1.807, 2.05) is 20.1 Å². The minimum Gasteiger partial charge on any atom is -0.455 e. The number of nitrogens with zero attached hydrogens (tertiary/aromatic N) is 4. The van der Waals surface area contributed by atoms with Crippen molar-refractivity contribution in [3.05, 3.63) is 12.7 Å². The van der Waals surface area contributed by atoms with Gasteiger partial charge in [-0.15, -0.1) is 0 Å². The van der Waals surface area contributed by atoms with E-state index in [1.165, 1.54) is 12.7 Å². The van der Waals surface area contributed by atoms with Gasteiger partial charge in [0.05, 0.1) is 6.33 Å². The number of ether oxygens (including phenoxy) is 3. The topological polar surface area (TPSA) is 131 Å². The zero-order valence-electron chi connectivity index (χ0n) is 17.3. The first-order valence-electron chi connectivity index (χ1n) is 9.96. The monoisotopic (exact) mass is 437 g/mol. The van der Waals surface area contributed by atoms with Crippen LogP contribution in [0.2, 0.25) is 0 Å². The maximum atomic E-state index is 12.4. The quantitative estimate of drug-likeness (QED) is 0.582. The van der Waals surface area contributed by atoms with Crippen LogP contribution < -0.4 is 5.73 Å². The molecule has 0 spiro atoms. The first kappa shape index (κ1) is 22.3. The number of esters is 2. The average Bonchev–Trinajstić information content (AvgIpc) is 3.26. The molecule has 2 aromatic rings. The smallest absolute Gasteiger partial charge is 0.306 e. The van der Waals surface area contributed by atoms with Gasteiger partial charge in [0.15, 0.2) is 29.9 Å². The minimum atomic E-state index is -0.837. The number of hydrogen-bond acceptors (Lipinski definition) is 10. The molecule has 164 valence electrons. The molecule has 0 saturated carbocycles. The van der Waals surface area contributed by atoms with Crippen molar-refractivity contribution in [3.8, 4) is 0 Å². The molecule has 2 unspecified atom stereocenters. The number of nitrogen functional groups attached to an aromatic ring is 1. The van der Waals surface area contributed by atoms with Crippen molar-refractivity contribution in [2.24, 2.45) is 0 Å². The van der Waals surface area contributed by atoms with Gasteiger partial charge in [0.2, 0.25) is 0 Å². The molecule has 1 fully saturated rings. The third kappa shape index (κ3) is 4.67. The van der Waals surface area contributed by atoms with E-state index in [2.05, 4.69) is 15.0 Å². The molecule has 0 aromatic carbocycles. The second-order valence-corrected chi connectivity index (χ2v) is 7.92. The maximum Gasteiger partial charge on any atom is 0.306 e. The highest BCUT2D eigenvalue weighted by molar-refractivity contribution is 7.98. The van der Waals surface area contributed by atoms with Gasteiger partial charge in [-0.2, -0.15) is 11.8 Å². The third-order valence-corrected chi connectivity index (χ3v) is 5.38. The average molecular weight is 438 g/mol. The van der Waals surface area contributed by atoms with E-state index in [0.717, 1.165) is 0 Å². The lowest BCUT2D eigenvalue weighted by atomic mass is 10.1. The van der Waals surface area contributed by atoms with Crippen molar-refractivity contribution in [2.45, 2.75) is 64.1 Å². The fraction of sp³-hybridized carbons (Fsp3) is 0.632. The van der Waals surface area contributed by atoms with Gasteiger partial charge in [0.1, 0.15) is 17.9 Å². The number of rotatable bonds is 9. The lowest BCUT2D eigenvalue weighted by molar-refractivity contribution is -0.168. The van der Waals surface area contributed by atoms with Crippen LogP contribution in [-0.2, 0) is 23.8 Å². The molecular formula is C19H27N5O5S. The largest absolute Gasteiger partial charge is 0.455 e. The van der Waals surface area contributed by atoms with Crippen molar-refractivity contribution in [3.63, 3.8) is 0 Å². The zero-order chi connectivity index (χ0) is 21.7. The Labute approximate surface area is 178 Å². The molecule has 0 bridgehead atoms. The number of hydrogen-bond donors (Lipinski definition) is 1. The molecule has 11 heteroatoms. The highest BCUT2D eigenvalue weighted by Crippen LogP contribution is 2.37. The van der Waals surface area contributed by atoms with Crippen LogP contribution in [-0.4, -0.2) is 61.8 Å². The van der Waals surface area contributed by atoms with Gasteiger partial charge in [-0.3, -0.25) is 14.2 Å². The van der Waals surface area contributed by atoms with Gasteiger partial charge in [-0.05, 0) is 19.1 Å². The predicted octanol–water partition coefficient (Wildman–Crippen LogP) is 2.09. The van der Waals surface area contributed by atoms with E-state index in [-0.39, 0.29) is 30.6 Å². The number of carbonyl (C=O) groups excluding carboxylic acids is 2. The van der Waals surface area contributed by atoms with Crippen molar-refractivity contribution >= 4 is 40.7 Å². The summed E-state index contributed by atoms with van der Waals surface area (Å²) in [6.07, 6.45) is 3.83. The summed E-state index contributed by atoms with van der Waals surface area (Å²) in [6, 6.07) is 0. The molecule has 0 aliphatic carbocycles. The summed E-state index contributed by atoms with van der Waals surface area (Å²) in [5.41, 5.74) is 6.77. The third-order valence-electron chi connectivity index (χ3n) is 4.72. The number of thioether (sulfide) groups is 1. The molecule has 1 aliphatic heterocycles. The summed E-state index contributed by atoms with van der Waals surface area (Å²) in [5.74, 6) is 0.0712. The van der Waals surface area contributed by atoms with E-state index in [0.29, 0.717) is 29.8 Å². The van der Waals surface area contributed by atoms with E-state index in [1.54, 1.807) is 16.3 Å². The molecule has 1 aliphatic rings. The van der Waals surface area contributed by atoms with Gasteiger partial charge >= 0.3 is 11.9 Å². The molecule has 3 heterocycles. The molecule has 10 nitrogen and oxygen atoms in total. The summed E-state index contributed by atoms with van der Waals surface area (Å²) in [6.45, 7) is 3.79. The number of nitrogens with two attached hydrogens (primary N) is 1. The molecule has 4 atom stereocenters. The van der Waals surface area contributed by atoms with Crippen LogP contribution in [0.5, 0.6) is 0 Å². The number of anilines is 1. The van der Waals surface area contributed by atoms with Crippen molar-refractivity contribution in [1.29, 1.82) is 0 Å². The molecule has 2 N–H and O–H groups in total. The van der Waals surface area contributed by atoms with Gasteiger partial charge < -0.3 is 19.9 Å². The summed E-state index contributed by atoms with van der Waals surface area (Å²) in [7, 11) is 0. The van der Waals surface area contributed by atoms with Gasteiger partial charge in [-0.25, -0.2) is 15.0 Å². The Hall–Kier alpha value is -2.40. The molecule has 1 saturated heterocycles. The number of carbonyl (C=O) groups is 2. The van der Waals surface area contributed by atoms with Crippen LogP contribution in [0.3, 0.4) is 0 Å². The van der Waals surface area contributed by atoms with E-state index in [4.69, 9.17) is 19.9 Å². The second kappa shape index (κ2) is 10.1. The highest BCUT2D eigenvalue weighted by Gasteiger charge is 2.50. The Morgan fingerprint density at radius 3 is 2.43 bits per heavy atom. The molecule has 0 radical (unpaired) electrons. The van der Waals surface area contributed by atoms with E-state index >= 15 is 0 Å². The van der Waals surface area contributed by atoms with Crippen LogP contribution >= 0.6 is 11.8 Å². The second-order valence-electron chi connectivity index (χ2n) is 7.01. The number of imidazole rings is 1. The highest BCUT2D eigenvalue weighted by atomic mass is 32.2. The van der Waals surface area contributed by atoms with Crippen molar-refractivity contribution in [1.82, 2.24) is 19.5 Å². The summed E-state index contributed by atoms with van der Waals surface area (Å²) >= 11 is 1.55. The maximum absolute atomic E-state index is 12.4. The molecule has 2 aromatic heterocycles. The van der Waals surface area contributed by atoms with Crippen LogP contribution in [0, 0.1) is 0 Å². The van der Waals surface area contributed by atoms with E-state index < -0.39 is 24.5 Å². The van der Waals surface area contributed by atoms with Crippen LogP contribution in [0.4, 0.5) is 5.82 Å². The Morgan fingerprint density at radius 1 is 1.13 bits per heavy atom. The van der Waals surface area contributed by atoms with Crippen LogP contribution in [0.25, 0.3) is 11.2 Å². The Bertz CT molecular complexity index is 891. The fourth-order valence-electron chi connectivity index (χ4n) is 3.38. The normalized spacial score (nSPS) is 23.6. The van der Waals surface area contributed by atoms with Gasteiger partial charge in [0, 0.05) is 18.6 Å². The van der Waals surface area contributed by atoms with Crippen LogP contribution in [0.15, 0.2) is 12.7 Å². The lowest BCUT2D eigenvalue weighted by Gasteiger charge is -2.24. The van der Waals surface area contributed by atoms with Gasteiger partial charge in [0.25, 0.3) is 0 Å². The summed E-state index contributed by atoms with van der Waals surface area (Å²) < 4.78 is 19.4. The molecule has 3 rings (SSSR count). The zero-order valence-corrected chi connectivity index (χ0v) is 18.1. The number of fused-ring (bicyclic) bond motifs is 1. The molecule has 30 heavy (non-hydrogen) atoms. The van der Waals surface area contributed by atoms with Crippen molar-refractivity contribution in [2.75, 3.05) is 17.7 Å².